The first kappa shape index (κ1) is 20.3. The van der Waals surface area contributed by atoms with Crippen LogP contribution in [0.15, 0.2) is 59.7 Å². The van der Waals surface area contributed by atoms with E-state index in [1.807, 2.05) is 30.3 Å². The van der Waals surface area contributed by atoms with Crippen molar-refractivity contribution in [2.75, 3.05) is 5.32 Å². The fourth-order valence-corrected chi connectivity index (χ4v) is 2.94. The molecule has 0 unspecified atom stereocenters. The van der Waals surface area contributed by atoms with Crippen LogP contribution in [0.1, 0.15) is 37.8 Å². The molecule has 0 fully saturated rings. The van der Waals surface area contributed by atoms with E-state index < -0.39 is 11.4 Å². The highest BCUT2D eigenvalue weighted by atomic mass is 16.4. The van der Waals surface area contributed by atoms with Crippen molar-refractivity contribution >= 4 is 29.2 Å². The summed E-state index contributed by atoms with van der Waals surface area (Å²) in [5, 5.41) is 17.6. The molecule has 2 N–H and O–H groups in total. The summed E-state index contributed by atoms with van der Waals surface area (Å²) < 4.78 is 0. The third kappa shape index (κ3) is 4.68. The fraction of sp³-hybridized carbons (Fsp3) is 0.273. The van der Waals surface area contributed by atoms with E-state index in [4.69, 9.17) is 0 Å². The van der Waals surface area contributed by atoms with E-state index in [1.54, 1.807) is 38.1 Å². The van der Waals surface area contributed by atoms with E-state index in [2.05, 4.69) is 10.4 Å². The molecule has 1 aliphatic heterocycles. The molecule has 0 saturated heterocycles. The number of benzene rings is 2. The number of hydrazone groups is 1. The van der Waals surface area contributed by atoms with Crippen molar-refractivity contribution in [2.45, 2.75) is 38.6 Å². The zero-order valence-electron chi connectivity index (χ0n) is 16.4. The van der Waals surface area contributed by atoms with Gasteiger partial charge in [0.2, 0.25) is 5.91 Å². The number of carboxylic acid groups (broad SMARTS) is 1. The van der Waals surface area contributed by atoms with E-state index in [0.717, 1.165) is 5.56 Å². The Balaban J connectivity index is 1.70. The maximum atomic E-state index is 12.6. The maximum Gasteiger partial charge on any atom is 0.313 e. The first-order valence-corrected chi connectivity index (χ1v) is 9.34. The highest BCUT2D eigenvalue weighted by Gasteiger charge is 2.29. The van der Waals surface area contributed by atoms with Crippen molar-refractivity contribution in [1.29, 1.82) is 0 Å². The molecule has 0 radical (unpaired) electrons. The summed E-state index contributed by atoms with van der Waals surface area (Å²) in [4.78, 5) is 36.1. The average Bonchev–Trinajstić information content (AvgIpc) is 2.70. The Bertz CT molecular complexity index is 950. The highest BCUT2D eigenvalue weighted by Crippen LogP contribution is 2.25. The van der Waals surface area contributed by atoms with Gasteiger partial charge in [-0.15, -0.1) is 0 Å². The molecule has 0 aromatic heterocycles. The Labute approximate surface area is 169 Å². The number of anilines is 1. The number of rotatable bonds is 6. The van der Waals surface area contributed by atoms with Crippen LogP contribution < -0.4 is 5.32 Å². The van der Waals surface area contributed by atoms with Crippen LogP contribution >= 0.6 is 0 Å². The van der Waals surface area contributed by atoms with Gasteiger partial charge in [0.05, 0.1) is 12.0 Å². The van der Waals surface area contributed by atoms with Gasteiger partial charge in [-0.05, 0) is 37.1 Å². The number of carbonyl (C=O) groups excluding carboxylic acids is 2. The minimum absolute atomic E-state index is 0.120. The number of aliphatic carboxylic acids is 1. The first-order valence-electron chi connectivity index (χ1n) is 9.34. The second-order valence-corrected chi connectivity index (χ2v) is 7.45. The van der Waals surface area contributed by atoms with Gasteiger partial charge in [-0.1, -0.05) is 42.5 Å². The molecule has 3 rings (SSSR count). The van der Waals surface area contributed by atoms with E-state index in [-0.39, 0.29) is 30.4 Å². The van der Waals surface area contributed by atoms with Crippen molar-refractivity contribution in [1.82, 2.24) is 5.01 Å². The van der Waals surface area contributed by atoms with Gasteiger partial charge < -0.3 is 10.4 Å². The van der Waals surface area contributed by atoms with Crippen LogP contribution in [0, 0.1) is 0 Å². The lowest BCUT2D eigenvalue weighted by Crippen LogP contribution is -2.36. The largest absolute Gasteiger partial charge is 0.481 e. The van der Waals surface area contributed by atoms with Gasteiger partial charge in [0.15, 0.2) is 0 Å². The minimum Gasteiger partial charge on any atom is -0.481 e. The summed E-state index contributed by atoms with van der Waals surface area (Å²) in [5.41, 5.74) is 1.37. The summed E-state index contributed by atoms with van der Waals surface area (Å²) in [5.74, 6) is -1.42. The van der Waals surface area contributed by atoms with Gasteiger partial charge in [0.1, 0.15) is 5.71 Å². The Kier molecular flexibility index (Phi) is 5.77. The van der Waals surface area contributed by atoms with E-state index in [9.17, 15) is 19.5 Å². The van der Waals surface area contributed by atoms with Crippen LogP contribution in [0.4, 0.5) is 5.69 Å². The predicted octanol–water partition coefficient (Wildman–Crippen LogP) is 3.17. The van der Waals surface area contributed by atoms with Gasteiger partial charge in [0, 0.05) is 18.5 Å². The molecule has 2 aromatic rings. The van der Waals surface area contributed by atoms with Crippen LogP contribution in [-0.4, -0.2) is 33.6 Å². The van der Waals surface area contributed by atoms with Gasteiger partial charge in [0.25, 0.3) is 5.91 Å². The lowest BCUT2D eigenvalue weighted by atomic mass is 9.85. The molecular formula is C22H23N3O4. The van der Waals surface area contributed by atoms with Crippen molar-refractivity contribution < 1.29 is 19.5 Å². The van der Waals surface area contributed by atoms with Gasteiger partial charge in [-0.25, -0.2) is 5.01 Å². The molecule has 0 spiro atoms. The van der Waals surface area contributed by atoms with Gasteiger partial charge in [-0.3, -0.25) is 14.4 Å². The average molecular weight is 393 g/mol. The number of nitrogens with one attached hydrogen (secondary N) is 1. The molecule has 2 amide bonds. The normalized spacial score (nSPS) is 14.3. The van der Waals surface area contributed by atoms with Crippen LogP contribution in [0.5, 0.6) is 0 Å². The lowest BCUT2D eigenvalue weighted by molar-refractivity contribution is -0.142. The van der Waals surface area contributed by atoms with E-state index in [0.29, 0.717) is 17.8 Å². The molecule has 0 aliphatic carbocycles. The summed E-state index contributed by atoms with van der Waals surface area (Å²) in [6.45, 7) is 3.56. The molecule has 0 bridgehead atoms. The second kappa shape index (κ2) is 8.26. The fourth-order valence-electron chi connectivity index (χ4n) is 2.94. The minimum atomic E-state index is -1.02. The zero-order chi connectivity index (χ0) is 21.0. The quantitative estimate of drug-likeness (QED) is 0.787. The third-order valence-corrected chi connectivity index (χ3v) is 4.94. The number of amides is 2. The standard InChI is InChI=1S/C22H23N3O4/c1-22(2,21(28)29)16-8-10-17(11-9-16)23-20(27)18-12-13-19(26)25(24-18)14-15-6-4-3-5-7-15/h3-11H,12-14H2,1-2H3,(H,23,27)(H,28,29). The summed E-state index contributed by atoms with van der Waals surface area (Å²) >= 11 is 0. The summed E-state index contributed by atoms with van der Waals surface area (Å²) in [6.07, 6.45) is 0.505. The van der Waals surface area contributed by atoms with Crippen molar-refractivity contribution in [3.63, 3.8) is 0 Å². The number of nitrogens with zero attached hydrogens (tertiary/aromatic N) is 2. The highest BCUT2D eigenvalue weighted by molar-refractivity contribution is 6.43. The number of hydrogen-bond donors (Lipinski definition) is 2. The van der Waals surface area contributed by atoms with Crippen molar-refractivity contribution in [2.24, 2.45) is 5.10 Å². The maximum absolute atomic E-state index is 12.6. The Morgan fingerprint density at radius 3 is 2.34 bits per heavy atom. The van der Waals surface area contributed by atoms with Crippen LogP contribution in [-0.2, 0) is 26.3 Å². The topological polar surface area (TPSA) is 99.1 Å². The number of hydrogen-bond acceptors (Lipinski definition) is 4. The molecule has 2 aromatic carbocycles. The molecule has 29 heavy (non-hydrogen) atoms. The molecule has 7 nitrogen and oxygen atoms in total. The predicted molar refractivity (Wildman–Crippen MR) is 109 cm³/mol. The Morgan fingerprint density at radius 2 is 1.72 bits per heavy atom. The molecule has 7 heteroatoms. The SMILES string of the molecule is CC(C)(C(=O)O)c1ccc(NC(=O)C2=NN(Cc3ccccc3)C(=O)CC2)cc1. The van der Waals surface area contributed by atoms with Crippen molar-refractivity contribution in [3.05, 3.63) is 65.7 Å². The summed E-state index contributed by atoms with van der Waals surface area (Å²) in [7, 11) is 0. The van der Waals surface area contributed by atoms with Crippen LogP contribution in [0.3, 0.4) is 0 Å². The molecule has 1 aliphatic rings. The molecule has 0 saturated carbocycles. The third-order valence-electron chi connectivity index (χ3n) is 4.94. The van der Waals surface area contributed by atoms with Gasteiger partial charge in [-0.2, -0.15) is 5.10 Å². The van der Waals surface area contributed by atoms with E-state index in [1.165, 1.54) is 5.01 Å². The Hall–Kier alpha value is -3.48. The Morgan fingerprint density at radius 1 is 1.07 bits per heavy atom. The van der Waals surface area contributed by atoms with Crippen molar-refractivity contribution in [3.8, 4) is 0 Å². The first-order chi connectivity index (χ1) is 13.8. The van der Waals surface area contributed by atoms with Crippen LogP contribution in [0.2, 0.25) is 0 Å². The lowest BCUT2D eigenvalue weighted by Gasteiger charge is -2.23. The molecular weight excluding hydrogens is 370 g/mol. The van der Waals surface area contributed by atoms with Gasteiger partial charge >= 0.3 is 5.97 Å². The van der Waals surface area contributed by atoms with E-state index >= 15 is 0 Å². The summed E-state index contributed by atoms with van der Waals surface area (Å²) in [6, 6.07) is 16.1. The number of carbonyl (C=O) groups is 3. The zero-order valence-corrected chi connectivity index (χ0v) is 16.4. The molecule has 0 atom stereocenters. The van der Waals surface area contributed by atoms with Crippen LogP contribution in [0.25, 0.3) is 0 Å². The second-order valence-electron chi connectivity index (χ2n) is 7.45. The molecule has 1 heterocycles. The molecule has 150 valence electrons. The smallest absolute Gasteiger partial charge is 0.313 e. The monoisotopic (exact) mass is 393 g/mol. The number of carboxylic acids is 1.